The SMILES string of the molecule is CCOC(=O)C1=C(C)N=c2s/c(=C\c3ccccc3Cl)c(=O)n2[C@H]1c1ccccc1OCC. The van der Waals surface area contributed by atoms with Crippen LogP contribution in [-0.4, -0.2) is 23.8 Å². The Labute approximate surface area is 200 Å². The summed E-state index contributed by atoms with van der Waals surface area (Å²) in [5, 5.41) is 0.546. The first-order chi connectivity index (χ1) is 16.0. The smallest absolute Gasteiger partial charge is 0.338 e. The zero-order valence-electron chi connectivity index (χ0n) is 18.5. The average Bonchev–Trinajstić information content (AvgIpc) is 3.10. The molecule has 6 nitrogen and oxygen atoms in total. The Kier molecular flexibility index (Phi) is 6.81. The number of esters is 1. The van der Waals surface area contributed by atoms with E-state index in [4.69, 9.17) is 21.1 Å². The average molecular weight is 483 g/mol. The zero-order valence-corrected chi connectivity index (χ0v) is 20.1. The van der Waals surface area contributed by atoms with Gasteiger partial charge in [-0.25, -0.2) is 9.79 Å². The fraction of sp³-hybridized carbons (Fsp3) is 0.240. The van der Waals surface area contributed by atoms with E-state index in [1.165, 1.54) is 11.3 Å². The Hall–Kier alpha value is -3.16. The fourth-order valence-electron chi connectivity index (χ4n) is 3.81. The predicted molar refractivity (Wildman–Crippen MR) is 129 cm³/mol. The van der Waals surface area contributed by atoms with Gasteiger partial charge in [0.25, 0.3) is 5.56 Å². The van der Waals surface area contributed by atoms with Gasteiger partial charge in [-0.1, -0.05) is 59.3 Å². The second-order valence-electron chi connectivity index (χ2n) is 7.29. The highest BCUT2D eigenvalue weighted by Crippen LogP contribution is 2.35. The van der Waals surface area contributed by atoms with E-state index in [-0.39, 0.29) is 12.2 Å². The molecule has 1 aliphatic rings. The van der Waals surface area contributed by atoms with Crippen LogP contribution in [-0.2, 0) is 9.53 Å². The summed E-state index contributed by atoms with van der Waals surface area (Å²) in [7, 11) is 0. The first-order valence-corrected chi connectivity index (χ1v) is 11.8. The lowest BCUT2D eigenvalue weighted by atomic mass is 9.95. The van der Waals surface area contributed by atoms with Gasteiger partial charge in [0.2, 0.25) is 0 Å². The van der Waals surface area contributed by atoms with Gasteiger partial charge in [-0.05, 0) is 44.5 Å². The molecule has 8 heteroatoms. The van der Waals surface area contributed by atoms with Crippen LogP contribution < -0.4 is 19.6 Å². The van der Waals surface area contributed by atoms with Crippen molar-refractivity contribution in [2.24, 2.45) is 4.99 Å². The van der Waals surface area contributed by atoms with Crippen molar-refractivity contribution in [3.8, 4) is 5.75 Å². The molecule has 0 spiro atoms. The molecule has 2 aromatic carbocycles. The minimum atomic E-state index is -0.726. The minimum Gasteiger partial charge on any atom is -0.494 e. The van der Waals surface area contributed by atoms with Crippen LogP contribution >= 0.6 is 22.9 Å². The molecule has 1 atom stereocenters. The third-order valence-corrected chi connectivity index (χ3v) is 6.55. The lowest BCUT2D eigenvalue weighted by Gasteiger charge is -2.26. The standard InChI is InChI=1S/C25H23ClN2O4S/c1-4-31-19-13-9-7-11-17(19)22-21(24(30)32-5-2)15(3)27-25-28(22)23(29)20(33-25)14-16-10-6-8-12-18(16)26/h6-14,22H,4-5H2,1-3H3/b20-14-/t22-/m0/s1. The van der Waals surface area contributed by atoms with Gasteiger partial charge in [-0.15, -0.1) is 0 Å². The van der Waals surface area contributed by atoms with Crippen molar-refractivity contribution >= 4 is 35.0 Å². The van der Waals surface area contributed by atoms with Gasteiger partial charge in [0.1, 0.15) is 11.8 Å². The lowest BCUT2D eigenvalue weighted by Crippen LogP contribution is -2.40. The zero-order chi connectivity index (χ0) is 23.5. The molecular weight excluding hydrogens is 460 g/mol. The van der Waals surface area contributed by atoms with E-state index < -0.39 is 12.0 Å². The molecule has 3 aromatic rings. The molecule has 4 rings (SSSR count). The van der Waals surface area contributed by atoms with Crippen LogP contribution in [0.15, 0.2) is 69.6 Å². The van der Waals surface area contributed by atoms with Crippen molar-refractivity contribution < 1.29 is 14.3 Å². The maximum atomic E-state index is 13.6. The van der Waals surface area contributed by atoms with Crippen molar-refractivity contribution in [3.63, 3.8) is 0 Å². The van der Waals surface area contributed by atoms with Gasteiger partial charge >= 0.3 is 5.97 Å². The van der Waals surface area contributed by atoms with Gasteiger partial charge in [-0.2, -0.15) is 0 Å². The van der Waals surface area contributed by atoms with Crippen LogP contribution in [0, 0.1) is 0 Å². The third-order valence-electron chi connectivity index (χ3n) is 5.22. The fourth-order valence-corrected chi connectivity index (χ4v) is 5.04. The van der Waals surface area contributed by atoms with Crippen molar-refractivity contribution in [1.82, 2.24) is 4.57 Å². The molecule has 0 fully saturated rings. The molecule has 0 saturated carbocycles. The molecule has 0 unspecified atom stereocenters. The number of benzene rings is 2. The van der Waals surface area contributed by atoms with Crippen molar-refractivity contribution in [2.75, 3.05) is 13.2 Å². The Morgan fingerprint density at radius 3 is 2.61 bits per heavy atom. The molecule has 1 aliphatic heterocycles. The number of allylic oxidation sites excluding steroid dienone is 1. The number of halogens is 1. The van der Waals surface area contributed by atoms with E-state index in [0.717, 1.165) is 5.56 Å². The number of nitrogens with zero attached hydrogens (tertiary/aromatic N) is 2. The highest BCUT2D eigenvalue weighted by molar-refractivity contribution is 7.07. The van der Waals surface area contributed by atoms with Gasteiger partial charge in [0.15, 0.2) is 4.80 Å². The summed E-state index contributed by atoms with van der Waals surface area (Å²) in [6.45, 7) is 6.05. The van der Waals surface area contributed by atoms with Crippen LogP contribution in [0.5, 0.6) is 5.75 Å². The molecule has 0 radical (unpaired) electrons. The molecule has 0 bridgehead atoms. The molecule has 0 amide bonds. The molecular formula is C25H23ClN2O4S. The summed E-state index contributed by atoms with van der Waals surface area (Å²) >= 11 is 7.57. The maximum absolute atomic E-state index is 13.6. The second-order valence-corrected chi connectivity index (χ2v) is 8.71. The third kappa shape index (κ3) is 4.38. The number of fused-ring (bicyclic) bond motifs is 1. The summed E-state index contributed by atoms with van der Waals surface area (Å²) in [6.07, 6.45) is 1.75. The lowest BCUT2D eigenvalue weighted by molar-refractivity contribution is -0.139. The highest BCUT2D eigenvalue weighted by atomic mass is 35.5. The molecule has 33 heavy (non-hydrogen) atoms. The summed E-state index contributed by atoms with van der Waals surface area (Å²) < 4.78 is 13.2. The summed E-state index contributed by atoms with van der Waals surface area (Å²) in [5.74, 6) is 0.0950. The molecule has 170 valence electrons. The highest BCUT2D eigenvalue weighted by Gasteiger charge is 2.35. The quantitative estimate of drug-likeness (QED) is 0.500. The monoisotopic (exact) mass is 482 g/mol. The summed E-state index contributed by atoms with van der Waals surface area (Å²) in [5.41, 5.74) is 2.00. The predicted octanol–water partition coefficient (Wildman–Crippen LogP) is 3.85. The molecule has 1 aromatic heterocycles. The number of aromatic nitrogens is 1. The Morgan fingerprint density at radius 1 is 1.15 bits per heavy atom. The number of thiazole rings is 1. The normalized spacial score (nSPS) is 15.8. The molecule has 2 heterocycles. The van der Waals surface area contributed by atoms with Crippen LogP contribution in [0.4, 0.5) is 0 Å². The van der Waals surface area contributed by atoms with Crippen LogP contribution in [0.2, 0.25) is 5.02 Å². The Bertz CT molecular complexity index is 1420. The van der Waals surface area contributed by atoms with Crippen LogP contribution in [0.3, 0.4) is 0 Å². The second kappa shape index (κ2) is 9.77. The van der Waals surface area contributed by atoms with E-state index in [2.05, 4.69) is 4.99 Å². The van der Waals surface area contributed by atoms with Gasteiger partial charge in [0.05, 0.1) is 29.0 Å². The number of carbonyl (C=O) groups is 1. The molecule has 0 aliphatic carbocycles. The summed E-state index contributed by atoms with van der Waals surface area (Å²) in [6, 6.07) is 14.0. The van der Waals surface area contributed by atoms with E-state index in [1.807, 2.05) is 49.4 Å². The number of hydrogen-bond acceptors (Lipinski definition) is 6. The minimum absolute atomic E-state index is 0.215. The van der Waals surface area contributed by atoms with Crippen molar-refractivity contribution in [1.29, 1.82) is 0 Å². The molecule has 0 N–H and O–H groups in total. The number of carbonyl (C=O) groups excluding carboxylic acids is 1. The maximum Gasteiger partial charge on any atom is 0.338 e. The van der Waals surface area contributed by atoms with Gasteiger partial charge in [0, 0.05) is 10.6 Å². The first kappa shape index (κ1) is 23.0. The largest absolute Gasteiger partial charge is 0.494 e. The number of para-hydroxylation sites is 1. The Morgan fingerprint density at radius 2 is 1.88 bits per heavy atom. The number of ether oxygens (including phenoxy) is 2. The van der Waals surface area contributed by atoms with Crippen molar-refractivity contribution in [2.45, 2.75) is 26.8 Å². The summed E-state index contributed by atoms with van der Waals surface area (Å²) in [4.78, 5) is 31.7. The Balaban J connectivity index is 2.00. The number of hydrogen-bond donors (Lipinski definition) is 0. The van der Waals surface area contributed by atoms with Crippen molar-refractivity contribution in [3.05, 3.63) is 95.6 Å². The van der Waals surface area contributed by atoms with Crippen LogP contribution in [0.25, 0.3) is 6.08 Å². The molecule has 0 saturated heterocycles. The van der Waals surface area contributed by atoms with E-state index in [1.54, 1.807) is 30.6 Å². The van der Waals surface area contributed by atoms with Crippen LogP contribution in [0.1, 0.15) is 37.9 Å². The number of rotatable bonds is 6. The first-order valence-electron chi connectivity index (χ1n) is 10.6. The van der Waals surface area contributed by atoms with E-state index in [9.17, 15) is 9.59 Å². The van der Waals surface area contributed by atoms with Gasteiger partial charge < -0.3 is 9.47 Å². The van der Waals surface area contributed by atoms with Gasteiger partial charge in [-0.3, -0.25) is 9.36 Å². The topological polar surface area (TPSA) is 69.9 Å². The van der Waals surface area contributed by atoms with E-state index in [0.29, 0.717) is 43.5 Å². The van der Waals surface area contributed by atoms with E-state index >= 15 is 0 Å².